The van der Waals surface area contributed by atoms with Gasteiger partial charge in [-0.05, 0) is 62.1 Å². The van der Waals surface area contributed by atoms with Gasteiger partial charge in [-0.3, -0.25) is 14.9 Å². The number of benzene rings is 2. The van der Waals surface area contributed by atoms with Gasteiger partial charge < -0.3 is 9.47 Å². The molecular formula is C19H21NO5. The highest BCUT2D eigenvalue weighted by Gasteiger charge is 2.17. The molecule has 0 unspecified atom stereocenters. The number of rotatable bonds is 6. The van der Waals surface area contributed by atoms with Crippen molar-refractivity contribution in [2.75, 3.05) is 13.7 Å². The molecule has 25 heavy (non-hydrogen) atoms. The van der Waals surface area contributed by atoms with Gasteiger partial charge in [0.05, 0.1) is 18.1 Å². The van der Waals surface area contributed by atoms with E-state index in [1.54, 1.807) is 0 Å². The molecule has 6 nitrogen and oxygen atoms in total. The molecule has 0 aliphatic rings. The summed E-state index contributed by atoms with van der Waals surface area (Å²) in [5.41, 5.74) is 4.78. The van der Waals surface area contributed by atoms with Crippen LogP contribution in [0.4, 0.5) is 5.69 Å². The minimum absolute atomic E-state index is 0.101. The fraction of sp³-hybridized carbons (Fsp3) is 0.316. The van der Waals surface area contributed by atoms with E-state index in [0.717, 1.165) is 16.7 Å². The molecule has 2 aromatic carbocycles. The first-order valence-corrected chi connectivity index (χ1v) is 7.82. The summed E-state index contributed by atoms with van der Waals surface area (Å²) in [5, 5.41) is 10.8. The van der Waals surface area contributed by atoms with Crippen LogP contribution in [-0.2, 0) is 0 Å². The summed E-state index contributed by atoms with van der Waals surface area (Å²) in [5.74, 6) is 0.360. The summed E-state index contributed by atoms with van der Waals surface area (Å²) in [6, 6.07) is 5.89. The lowest BCUT2D eigenvalue weighted by atomic mass is 9.93. The van der Waals surface area contributed by atoms with E-state index in [4.69, 9.17) is 9.47 Å². The number of nitrogens with zero attached hydrogens (tertiary/aromatic N) is 1. The van der Waals surface area contributed by atoms with Crippen LogP contribution >= 0.6 is 0 Å². The molecule has 0 aliphatic heterocycles. The quantitative estimate of drug-likeness (QED) is 0.448. The predicted molar refractivity (Wildman–Crippen MR) is 94.9 cm³/mol. The number of hydrogen-bond acceptors (Lipinski definition) is 5. The first kappa shape index (κ1) is 18.4. The Hall–Kier alpha value is -2.89. The predicted octanol–water partition coefficient (Wildman–Crippen LogP) is 4.10. The Labute approximate surface area is 146 Å². The number of ketones is 1. The SMILES string of the molecule is COc1cc([N+](=O)[O-])ccc1OCC(=O)c1cc(C)c(C)c(C)c1C. The lowest BCUT2D eigenvalue weighted by Gasteiger charge is -2.14. The van der Waals surface area contributed by atoms with Crippen LogP contribution < -0.4 is 9.47 Å². The molecule has 0 fully saturated rings. The van der Waals surface area contributed by atoms with Crippen LogP contribution in [-0.4, -0.2) is 24.4 Å². The van der Waals surface area contributed by atoms with Crippen LogP contribution in [0.15, 0.2) is 24.3 Å². The van der Waals surface area contributed by atoms with Crippen LogP contribution in [0.25, 0.3) is 0 Å². The third kappa shape index (κ3) is 3.79. The summed E-state index contributed by atoms with van der Waals surface area (Å²) in [4.78, 5) is 22.9. The van der Waals surface area contributed by atoms with E-state index in [2.05, 4.69) is 0 Å². The van der Waals surface area contributed by atoms with E-state index in [1.165, 1.54) is 30.9 Å². The van der Waals surface area contributed by atoms with Gasteiger partial charge in [0.15, 0.2) is 23.9 Å². The highest BCUT2D eigenvalue weighted by molar-refractivity contribution is 5.99. The van der Waals surface area contributed by atoms with Gasteiger partial charge in [0.2, 0.25) is 0 Å². The molecule has 0 bridgehead atoms. The molecule has 0 aromatic heterocycles. The third-order valence-corrected chi connectivity index (χ3v) is 4.50. The zero-order valence-electron chi connectivity index (χ0n) is 15.0. The Morgan fingerprint density at radius 2 is 1.72 bits per heavy atom. The van der Waals surface area contributed by atoms with Crippen molar-refractivity contribution in [1.29, 1.82) is 0 Å². The fourth-order valence-electron chi connectivity index (χ4n) is 2.61. The molecule has 2 rings (SSSR count). The maximum absolute atomic E-state index is 12.6. The molecule has 0 heterocycles. The molecular weight excluding hydrogens is 322 g/mol. The van der Waals surface area contributed by atoms with Crippen molar-refractivity contribution >= 4 is 11.5 Å². The average Bonchev–Trinajstić information content (AvgIpc) is 2.60. The van der Waals surface area contributed by atoms with Gasteiger partial charge in [0.25, 0.3) is 5.69 Å². The van der Waals surface area contributed by atoms with Crippen LogP contribution in [0.5, 0.6) is 11.5 Å². The van der Waals surface area contributed by atoms with Gasteiger partial charge >= 0.3 is 0 Å². The molecule has 0 atom stereocenters. The molecule has 0 radical (unpaired) electrons. The maximum Gasteiger partial charge on any atom is 0.273 e. The number of carbonyl (C=O) groups is 1. The second-order valence-corrected chi connectivity index (χ2v) is 5.92. The highest BCUT2D eigenvalue weighted by atomic mass is 16.6. The maximum atomic E-state index is 12.6. The van der Waals surface area contributed by atoms with E-state index in [0.29, 0.717) is 11.3 Å². The summed E-state index contributed by atoms with van der Waals surface area (Å²) >= 11 is 0. The number of hydrogen-bond donors (Lipinski definition) is 0. The van der Waals surface area contributed by atoms with E-state index in [9.17, 15) is 14.9 Å². The van der Waals surface area contributed by atoms with Gasteiger partial charge in [0, 0.05) is 11.6 Å². The topological polar surface area (TPSA) is 78.7 Å². The van der Waals surface area contributed by atoms with Crippen molar-refractivity contribution < 1.29 is 19.2 Å². The lowest BCUT2D eigenvalue weighted by molar-refractivity contribution is -0.384. The van der Waals surface area contributed by atoms with Crippen molar-refractivity contribution in [3.63, 3.8) is 0 Å². The molecule has 132 valence electrons. The Balaban J connectivity index is 2.22. The largest absolute Gasteiger partial charge is 0.493 e. The van der Waals surface area contributed by atoms with Gasteiger partial charge in [-0.2, -0.15) is 0 Å². The Bertz CT molecular complexity index is 842. The van der Waals surface area contributed by atoms with Gasteiger partial charge in [-0.1, -0.05) is 0 Å². The highest BCUT2D eigenvalue weighted by Crippen LogP contribution is 2.31. The van der Waals surface area contributed by atoms with Crippen molar-refractivity contribution in [2.45, 2.75) is 27.7 Å². The molecule has 0 aliphatic carbocycles. The zero-order chi connectivity index (χ0) is 18.7. The number of non-ortho nitro benzene ring substituents is 1. The summed E-state index contributed by atoms with van der Waals surface area (Å²) in [7, 11) is 1.39. The molecule has 2 aromatic rings. The van der Waals surface area contributed by atoms with E-state index in [-0.39, 0.29) is 23.8 Å². The Morgan fingerprint density at radius 1 is 1.04 bits per heavy atom. The lowest BCUT2D eigenvalue weighted by Crippen LogP contribution is -2.14. The Morgan fingerprint density at radius 3 is 2.32 bits per heavy atom. The van der Waals surface area contributed by atoms with Gasteiger partial charge in [0.1, 0.15) is 0 Å². The van der Waals surface area contributed by atoms with Crippen LogP contribution in [0.3, 0.4) is 0 Å². The molecule has 0 spiro atoms. The zero-order valence-corrected chi connectivity index (χ0v) is 15.0. The normalized spacial score (nSPS) is 10.4. The smallest absolute Gasteiger partial charge is 0.273 e. The van der Waals surface area contributed by atoms with Gasteiger partial charge in [-0.15, -0.1) is 0 Å². The third-order valence-electron chi connectivity index (χ3n) is 4.50. The fourth-order valence-corrected chi connectivity index (χ4v) is 2.61. The first-order chi connectivity index (χ1) is 11.8. The second-order valence-electron chi connectivity index (χ2n) is 5.92. The van der Waals surface area contributed by atoms with E-state index in [1.807, 2.05) is 33.8 Å². The molecule has 0 N–H and O–H groups in total. The second kappa shape index (κ2) is 7.34. The molecule has 0 saturated carbocycles. The van der Waals surface area contributed by atoms with E-state index < -0.39 is 4.92 Å². The number of nitro groups is 1. The summed E-state index contributed by atoms with van der Waals surface area (Å²) < 4.78 is 10.7. The molecule has 6 heteroatoms. The molecule has 0 saturated heterocycles. The van der Waals surface area contributed by atoms with Crippen molar-refractivity contribution in [3.8, 4) is 11.5 Å². The van der Waals surface area contributed by atoms with E-state index >= 15 is 0 Å². The number of Topliss-reactive ketones (excluding diaryl/α,β-unsaturated/α-hetero) is 1. The van der Waals surface area contributed by atoms with Crippen molar-refractivity contribution in [3.05, 3.63) is 62.2 Å². The minimum atomic E-state index is -0.515. The van der Waals surface area contributed by atoms with Crippen molar-refractivity contribution in [1.82, 2.24) is 0 Å². The van der Waals surface area contributed by atoms with Crippen LogP contribution in [0.2, 0.25) is 0 Å². The number of aryl methyl sites for hydroxylation is 1. The standard InChI is InChI=1S/C19H21NO5/c1-11-8-16(14(4)13(3)12(11)2)17(21)10-25-18-7-6-15(20(22)23)9-19(18)24-5/h6-9H,10H2,1-5H3. The van der Waals surface area contributed by atoms with Crippen molar-refractivity contribution in [2.24, 2.45) is 0 Å². The summed E-state index contributed by atoms with van der Waals surface area (Å²) in [6.07, 6.45) is 0. The molecule has 0 amide bonds. The average molecular weight is 343 g/mol. The number of ether oxygens (including phenoxy) is 2. The number of nitro benzene ring substituents is 1. The number of methoxy groups -OCH3 is 1. The van der Waals surface area contributed by atoms with Crippen LogP contribution in [0.1, 0.15) is 32.6 Å². The minimum Gasteiger partial charge on any atom is -0.493 e. The van der Waals surface area contributed by atoms with Gasteiger partial charge in [-0.25, -0.2) is 0 Å². The van der Waals surface area contributed by atoms with Crippen LogP contribution in [0, 0.1) is 37.8 Å². The first-order valence-electron chi connectivity index (χ1n) is 7.82. The number of carbonyl (C=O) groups excluding carboxylic acids is 1. The summed E-state index contributed by atoms with van der Waals surface area (Å²) in [6.45, 7) is 7.75. The Kier molecular flexibility index (Phi) is 5.41. The monoisotopic (exact) mass is 343 g/mol.